The number of hydrogen-bond acceptors (Lipinski definition) is 4. The van der Waals surface area contributed by atoms with Gasteiger partial charge in [-0.25, -0.2) is 12.7 Å². The Kier molecular flexibility index (Phi) is 5.47. The van der Waals surface area contributed by atoms with Gasteiger partial charge in [-0.1, -0.05) is 13.3 Å². The third-order valence-electron chi connectivity index (χ3n) is 4.03. The van der Waals surface area contributed by atoms with Crippen LogP contribution < -0.4 is 10.5 Å². The fourth-order valence-electron chi connectivity index (χ4n) is 2.55. The smallest absolute Gasteiger partial charge is 0.217 e. The molecule has 0 saturated carbocycles. The highest BCUT2D eigenvalue weighted by Gasteiger charge is 2.27. The van der Waals surface area contributed by atoms with E-state index in [1.165, 1.54) is 0 Å². The minimum Gasteiger partial charge on any atom is -0.492 e. The van der Waals surface area contributed by atoms with E-state index in [0.717, 1.165) is 19.3 Å². The summed E-state index contributed by atoms with van der Waals surface area (Å²) in [6.07, 6.45) is 3.07. The van der Waals surface area contributed by atoms with Crippen molar-refractivity contribution in [2.24, 2.45) is 5.92 Å². The van der Waals surface area contributed by atoms with Gasteiger partial charge >= 0.3 is 0 Å². The highest BCUT2D eigenvalue weighted by Crippen LogP contribution is 2.22. The second-order valence-corrected chi connectivity index (χ2v) is 7.57. The molecule has 0 spiro atoms. The Bertz CT molecular complexity index is 535. The van der Waals surface area contributed by atoms with Crippen LogP contribution in [0.25, 0.3) is 0 Å². The van der Waals surface area contributed by atoms with Gasteiger partial charge in [0, 0.05) is 18.8 Å². The van der Waals surface area contributed by atoms with Crippen molar-refractivity contribution in [3.63, 3.8) is 0 Å². The lowest BCUT2D eigenvalue weighted by molar-refractivity contribution is 0.265. The lowest BCUT2D eigenvalue weighted by Crippen LogP contribution is -2.40. The molecule has 21 heavy (non-hydrogen) atoms. The summed E-state index contributed by atoms with van der Waals surface area (Å²) in [4.78, 5) is 0. The van der Waals surface area contributed by atoms with E-state index in [1.54, 1.807) is 28.6 Å². The largest absolute Gasteiger partial charge is 0.492 e. The number of nitrogens with two attached hydrogens (primary N) is 1. The van der Waals surface area contributed by atoms with E-state index in [0.29, 0.717) is 30.4 Å². The zero-order chi connectivity index (χ0) is 15.3. The zero-order valence-electron chi connectivity index (χ0n) is 12.5. The fraction of sp³-hybridized carbons (Fsp3) is 0.600. The summed E-state index contributed by atoms with van der Waals surface area (Å²) in [5, 5.41) is 0. The molecule has 1 aromatic carbocycles. The Morgan fingerprint density at radius 3 is 2.43 bits per heavy atom. The van der Waals surface area contributed by atoms with Crippen LogP contribution in [0.1, 0.15) is 26.2 Å². The van der Waals surface area contributed by atoms with Gasteiger partial charge in [-0.05, 0) is 43.0 Å². The molecule has 2 rings (SSSR count). The fourth-order valence-corrected chi connectivity index (χ4v) is 3.87. The number of rotatable bonds is 6. The summed E-state index contributed by atoms with van der Waals surface area (Å²) >= 11 is 0. The Morgan fingerprint density at radius 1 is 1.24 bits per heavy atom. The third kappa shape index (κ3) is 4.61. The first-order valence-electron chi connectivity index (χ1n) is 7.47. The predicted octanol–water partition coefficient (Wildman–Crippen LogP) is 2.10. The summed E-state index contributed by atoms with van der Waals surface area (Å²) < 4.78 is 31.6. The maximum Gasteiger partial charge on any atom is 0.217 e. The first kappa shape index (κ1) is 16.1. The molecule has 0 unspecified atom stereocenters. The van der Waals surface area contributed by atoms with Gasteiger partial charge in [0.1, 0.15) is 12.4 Å². The summed E-state index contributed by atoms with van der Waals surface area (Å²) in [6.45, 7) is 3.61. The molecule has 0 bridgehead atoms. The minimum atomic E-state index is -3.21. The molecule has 2 N–H and O–H groups in total. The highest BCUT2D eigenvalue weighted by atomic mass is 32.2. The maximum atomic E-state index is 12.3. The van der Waals surface area contributed by atoms with Gasteiger partial charge in [-0.15, -0.1) is 0 Å². The van der Waals surface area contributed by atoms with E-state index in [9.17, 15) is 8.42 Å². The Balaban J connectivity index is 1.80. The molecule has 1 saturated heterocycles. The summed E-state index contributed by atoms with van der Waals surface area (Å²) in [5.41, 5.74) is 6.25. The molecule has 1 heterocycles. The third-order valence-corrected chi connectivity index (χ3v) is 5.87. The average molecular weight is 312 g/mol. The van der Waals surface area contributed by atoms with Crippen molar-refractivity contribution >= 4 is 15.7 Å². The molecule has 6 heteroatoms. The maximum absolute atomic E-state index is 12.3. The molecule has 1 aliphatic heterocycles. The molecular formula is C15H24N2O3S. The van der Waals surface area contributed by atoms with Crippen molar-refractivity contribution in [2.75, 3.05) is 31.2 Å². The van der Waals surface area contributed by atoms with Gasteiger partial charge in [0.2, 0.25) is 10.0 Å². The Hall–Kier alpha value is -1.27. The number of hydrogen-bond donors (Lipinski definition) is 1. The molecule has 5 nitrogen and oxygen atoms in total. The van der Waals surface area contributed by atoms with Gasteiger partial charge in [-0.2, -0.15) is 0 Å². The minimum absolute atomic E-state index is 0.0220. The van der Waals surface area contributed by atoms with E-state index < -0.39 is 10.0 Å². The second-order valence-electron chi connectivity index (χ2n) is 5.48. The molecule has 0 amide bonds. The van der Waals surface area contributed by atoms with Crippen LogP contribution in [0, 0.1) is 5.92 Å². The predicted molar refractivity (Wildman–Crippen MR) is 84.7 cm³/mol. The van der Waals surface area contributed by atoms with Crippen molar-refractivity contribution in [3.05, 3.63) is 24.3 Å². The van der Waals surface area contributed by atoms with Crippen LogP contribution in [-0.2, 0) is 10.0 Å². The highest BCUT2D eigenvalue weighted by molar-refractivity contribution is 7.89. The number of benzene rings is 1. The van der Waals surface area contributed by atoms with Crippen molar-refractivity contribution < 1.29 is 13.2 Å². The second kappa shape index (κ2) is 7.13. The van der Waals surface area contributed by atoms with Crippen LogP contribution >= 0.6 is 0 Å². The molecule has 0 aromatic heterocycles. The van der Waals surface area contributed by atoms with Crippen LogP contribution in [0.15, 0.2) is 24.3 Å². The van der Waals surface area contributed by atoms with Crippen molar-refractivity contribution in [1.82, 2.24) is 4.31 Å². The standard InChI is InChI=1S/C15H24N2O3S/c1-2-13-7-9-17(10-8-13)21(18,19)12-11-20-15-5-3-14(16)4-6-15/h3-6,13H,2,7-12,16H2,1H3. The molecule has 0 radical (unpaired) electrons. The lowest BCUT2D eigenvalue weighted by Gasteiger charge is -2.30. The zero-order valence-corrected chi connectivity index (χ0v) is 13.3. The first-order valence-corrected chi connectivity index (χ1v) is 9.08. The molecular weight excluding hydrogens is 288 g/mol. The summed E-state index contributed by atoms with van der Waals surface area (Å²) in [7, 11) is -3.21. The summed E-state index contributed by atoms with van der Waals surface area (Å²) in [6, 6.07) is 6.96. The quantitative estimate of drug-likeness (QED) is 0.817. The van der Waals surface area contributed by atoms with Gasteiger partial charge in [0.05, 0.1) is 5.75 Å². The van der Waals surface area contributed by atoms with E-state index >= 15 is 0 Å². The number of nitrogens with zero attached hydrogens (tertiary/aromatic N) is 1. The summed E-state index contributed by atoms with van der Waals surface area (Å²) in [5.74, 6) is 1.33. The number of ether oxygens (including phenoxy) is 1. The van der Waals surface area contributed by atoms with Gasteiger partial charge in [0.25, 0.3) is 0 Å². The topological polar surface area (TPSA) is 72.6 Å². The normalized spacial score (nSPS) is 17.8. The van der Waals surface area contributed by atoms with Gasteiger partial charge < -0.3 is 10.5 Å². The first-order chi connectivity index (χ1) is 10.0. The molecule has 0 atom stereocenters. The van der Waals surface area contributed by atoms with Crippen LogP contribution in [0.4, 0.5) is 5.69 Å². The van der Waals surface area contributed by atoms with Crippen molar-refractivity contribution in [2.45, 2.75) is 26.2 Å². The van der Waals surface area contributed by atoms with Crippen molar-refractivity contribution in [1.29, 1.82) is 0 Å². The van der Waals surface area contributed by atoms with Gasteiger partial charge in [-0.3, -0.25) is 0 Å². The van der Waals surface area contributed by atoms with Crippen LogP contribution in [0.5, 0.6) is 5.75 Å². The average Bonchev–Trinajstić information content (AvgIpc) is 2.49. The van der Waals surface area contributed by atoms with Crippen LogP contribution in [0.3, 0.4) is 0 Å². The van der Waals surface area contributed by atoms with Gasteiger partial charge in [0.15, 0.2) is 0 Å². The number of nitrogen functional groups attached to an aromatic ring is 1. The van der Waals surface area contributed by atoms with E-state index in [-0.39, 0.29) is 12.4 Å². The molecule has 1 aliphatic rings. The van der Waals surface area contributed by atoms with E-state index in [1.807, 2.05) is 0 Å². The molecule has 118 valence electrons. The Morgan fingerprint density at radius 2 is 1.86 bits per heavy atom. The van der Waals surface area contributed by atoms with Crippen LogP contribution in [0.2, 0.25) is 0 Å². The van der Waals surface area contributed by atoms with E-state index in [4.69, 9.17) is 10.5 Å². The number of piperidine rings is 1. The van der Waals surface area contributed by atoms with Crippen molar-refractivity contribution in [3.8, 4) is 5.75 Å². The SMILES string of the molecule is CCC1CCN(S(=O)(=O)CCOc2ccc(N)cc2)CC1. The van der Waals surface area contributed by atoms with E-state index in [2.05, 4.69) is 6.92 Å². The Labute approximate surface area is 127 Å². The number of sulfonamides is 1. The molecule has 1 aromatic rings. The van der Waals surface area contributed by atoms with Crippen LogP contribution in [-0.4, -0.2) is 38.2 Å². The molecule has 1 fully saturated rings. The molecule has 0 aliphatic carbocycles. The lowest BCUT2D eigenvalue weighted by atomic mass is 9.96. The monoisotopic (exact) mass is 312 g/mol. The number of anilines is 1.